The SMILES string of the molecule is O=C(NS(=O)(=O)C[C@H]1CCOC1)c1noc2c1CCCCC2. The van der Waals surface area contributed by atoms with E-state index in [1.807, 2.05) is 0 Å². The van der Waals surface area contributed by atoms with Crippen LogP contribution < -0.4 is 4.72 Å². The molecule has 22 heavy (non-hydrogen) atoms. The van der Waals surface area contributed by atoms with Crippen LogP contribution in [0.3, 0.4) is 0 Å². The summed E-state index contributed by atoms with van der Waals surface area (Å²) < 4.78 is 36.7. The Bertz CT molecular complexity index is 646. The van der Waals surface area contributed by atoms with Gasteiger partial charge in [0.2, 0.25) is 10.0 Å². The van der Waals surface area contributed by atoms with E-state index < -0.39 is 15.9 Å². The Labute approximate surface area is 129 Å². The van der Waals surface area contributed by atoms with Gasteiger partial charge in [0.15, 0.2) is 5.69 Å². The number of nitrogens with one attached hydrogen (secondary N) is 1. The van der Waals surface area contributed by atoms with E-state index in [1.165, 1.54) is 0 Å². The molecule has 0 aromatic carbocycles. The topological polar surface area (TPSA) is 98.5 Å². The molecule has 7 nitrogen and oxygen atoms in total. The molecule has 1 aromatic rings. The molecule has 0 bridgehead atoms. The molecular formula is C14H20N2O5S. The van der Waals surface area contributed by atoms with Gasteiger partial charge in [0.1, 0.15) is 5.76 Å². The zero-order valence-electron chi connectivity index (χ0n) is 12.3. The van der Waals surface area contributed by atoms with Crippen molar-refractivity contribution in [2.45, 2.75) is 38.5 Å². The Morgan fingerprint density at radius 2 is 2.09 bits per heavy atom. The van der Waals surface area contributed by atoms with Gasteiger partial charge in [-0.25, -0.2) is 13.1 Å². The summed E-state index contributed by atoms with van der Waals surface area (Å²) in [5, 5.41) is 3.78. The lowest BCUT2D eigenvalue weighted by Gasteiger charge is -2.09. The Morgan fingerprint density at radius 1 is 1.27 bits per heavy atom. The first-order valence-corrected chi connectivity index (χ1v) is 9.30. The van der Waals surface area contributed by atoms with E-state index in [2.05, 4.69) is 9.88 Å². The molecule has 2 aliphatic rings. The van der Waals surface area contributed by atoms with E-state index in [0.29, 0.717) is 31.8 Å². The zero-order valence-corrected chi connectivity index (χ0v) is 13.2. The summed E-state index contributed by atoms with van der Waals surface area (Å²) in [5.74, 6) is -0.131. The van der Waals surface area contributed by atoms with Crippen molar-refractivity contribution >= 4 is 15.9 Å². The minimum atomic E-state index is -3.69. The molecule has 1 atom stereocenters. The monoisotopic (exact) mass is 328 g/mol. The maximum atomic E-state index is 12.2. The molecule has 122 valence electrons. The van der Waals surface area contributed by atoms with Crippen molar-refractivity contribution in [1.82, 2.24) is 9.88 Å². The molecule has 3 rings (SSSR count). The Hall–Kier alpha value is -1.41. The van der Waals surface area contributed by atoms with Crippen LogP contribution in [0.5, 0.6) is 0 Å². The van der Waals surface area contributed by atoms with Crippen LogP contribution in [0.15, 0.2) is 4.52 Å². The number of carbonyl (C=O) groups is 1. The third kappa shape index (κ3) is 3.49. The smallest absolute Gasteiger partial charge is 0.287 e. The normalized spacial score (nSPS) is 22.1. The molecule has 0 saturated carbocycles. The predicted octanol–water partition coefficient (Wildman–Crippen LogP) is 1.04. The Morgan fingerprint density at radius 3 is 2.86 bits per heavy atom. The fourth-order valence-electron chi connectivity index (χ4n) is 3.00. The van der Waals surface area contributed by atoms with Gasteiger partial charge in [0.25, 0.3) is 5.91 Å². The summed E-state index contributed by atoms with van der Waals surface area (Å²) in [6.45, 7) is 0.999. The van der Waals surface area contributed by atoms with Gasteiger partial charge in [-0.3, -0.25) is 4.79 Å². The molecular weight excluding hydrogens is 308 g/mol. The minimum Gasteiger partial charge on any atom is -0.381 e. The van der Waals surface area contributed by atoms with Gasteiger partial charge < -0.3 is 9.26 Å². The lowest BCUT2D eigenvalue weighted by atomic mass is 10.1. The van der Waals surface area contributed by atoms with E-state index in [1.54, 1.807) is 0 Å². The highest BCUT2D eigenvalue weighted by Gasteiger charge is 2.28. The van der Waals surface area contributed by atoms with Gasteiger partial charge in [-0.15, -0.1) is 0 Å². The predicted molar refractivity (Wildman–Crippen MR) is 77.9 cm³/mol. The first kappa shape index (κ1) is 15.5. The molecule has 1 aromatic heterocycles. The van der Waals surface area contributed by atoms with E-state index in [9.17, 15) is 13.2 Å². The van der Waals surface area contributed by atoms with Gasteiger partial charge in [-0.2, -0.15) is 0 Å². The number of hydrogen-bond acceptors (Lipinski definition) is 6. The van der Waals surface area contributed by atoms with Gasteiger partial charge in [-0.1, -0.05) is 11.6 Å². The number of aromatic nitrogens is 1. The number of carbonyl (C=O) groups excluding carboxylic acids is 1. The molecule has 1 fully saturated rings. The van der Waals surface area contributed by atoms with Gasteiger partial charge in [0, 0.05) is 24.5 Å². The number of nitrogens with zero attached hydrogens (tertiary/aromatic N) is 1. The van der Waals surface area contributed by atoms with E-state index in [4.69, 9.17) is 9.26 Å². The second kappa shape index (κ2) is 6.37. The van der Waals surface area contributed by atoms with Crippen molar-refractivity contribution in [3.8, 4) is 0 Å². The summed E-state index contributed by atoms with van der Waals surface area (Å²) in [7, 11) is -3.69. The van der Waals surface area contributed by atoms with Crippen LogP contribution >= 0.6 is 0 Å². The second-order valence-electron chi connectivity index (χ2n) is 5.94. The number of hydrogen-bond donors (Lipinski definition) is 1. The molecule has 1 aliphatic heterocycles. The Balaban J connectivity index is 1.70. The first-order chi connectivity index (χ1) is 10.6. The van der Waals surface area contributed by atoms with Crippen LogP contribution in [0, 0.1) is 5.92 Å². The van der Waals surface area contributed by atoms with E-state index in [0.717, 1.165) is 31.2 Å². The fraction of sp³-hybridized carbons (Fsp3) is 0.714. The van der Waals surface area contributed by atoms with Gasteiger partial charge in [-0.05, 0) is 25.7 Å². The van der Waals surface area contributed by atoms with Crippen molar-refractivity contribution in [2.75, 3.05) is 19.0 Å². The van der Waals surface area contributed by atoms with Gasteiger partial charge >= 0.3 is 0 Å². The molecule has 1 saturated heterocycles. The van der Waals surface area contributed by atoms with Crippen molar-refractivity contribution in [2.24, 2.45) is 5.92 Å². The van der Waals surface area contributed by atoms with Crippen LogP contribution in [0.4, 0.5) is 0 Å². The molecule has 2 heterocycles. The van der Waals surface area contributed by atoms with Crippen molar-refractivity contribution in [1.29, 1.82) is 0 Å². The van der Waals surface area contributed by atoms with Crippen molar-refractivity contribution in [3.05, 3.63) is 17.0 Å². The van der Waals surface area contributed by atoms with E-state index in [-0.39, 0.29) is 17.4 Å². The van der Waals surface area contributed by atoms with Crippen molar-refractivity contribution < 1.29 is 22.5 Å². The number of fused-ring (bicyclic) bond motifs is 1. The number of amides is 1. The first-order valence-electron chi connectivity index (χ1n) is 7.65. The third-order valence-electron chi connectivity index (χ3n) is 4.14. The molecule has 8 heteroatoms. The lowest BCUT2D eigenvalue weighted by Crippen LogP contribution is -2.35. The molecule has 1 aliphatic carbocycles. The molecule has 0 unspecified atom stereocenters. The summed E-state index contributed by atoms with van der Waals surface area (Å²) in [6.07, 6.45) is 5.20. The highest BCUT2D eigenvalue weighted by atomic mass is 32.2. The van der Waals surface area contributed by atoms with Crippen molar-refractivity contribution in [3.63, 3.8) is 0 Å². The lowest BCUT2D eigenvalue weighted by molar-refractivity contribution is 0.0971. The highest BCUT2D eigenvalue weighted by molar-refractivity contribution is 7.90. The maximum absolute atomic E-state index is 12.2. The Kier molecular flexibility index (Phi) is 4.49. The number of ether oxygens (including phenoxy) is 1. The summed E-state index contributed by atoms with van der Waals surface area (Å²) >= 11 is 0. The average molecular weight is 328 g/mol. The summed E-state index contributed by atoms with van der Waals surface area (Å²) in [6, 6.07) is 0. The van der Waals surface area contributed by atoms with Crippen LogP contribution in [0.25, 0.3) is 0 Å². The third-order valence-corrected chi connectivity index (χ3v) is 5.55. The van der Waals surface area contributed by atoms with Crippen LogP contribution in [0.2, 0.25) is 0 Å². The zero-order chi connectivity index (χ0) is 15.6. The number of sulfonamides is 1. The molecule has 0 spiro atoms. The minimum absolute atomic E-state index is 0.0558. The molecule has 0 radical (unpaired) electrons. The van der Waals surface area contributed by atoms with Crippen LogP contribution in [-0.4, -0.2) is 38.4 Å². The summed E-state index contributed by atoms with van der Waals surface area (Å²) in [4.78, 5) is 12.2. The summed E-state index contributed by atoms with van der Waals surface area (Å²) in [5.41, 5.74) is 0.873. The van der Waals surface area contributed by atoms with Crippen LogP contribution in [-0.2, 0) is 27.6 Å². The highest BCUT2D eigenvalue weighted by Crippen LogP contribution is 2.23. The largest absolute Gasteiger partial charge is 0.381 e. The number of aryl methyl sites for hydroxylation is 1. The number of rotatable bonds is 4. The molecule has 1 N–H and O–H groups in total. The maximum Gasteiger partial charge on any atom is 0.287 e. The van der Waals surface area contributed by atoms with Gasteiger partial charge in [0.05, 0.1) is 12.4 Å². The second-order valence-corrected chi connectivity index (χ2v) is 7.70. The quantitative estimate of drug-likeness (QED) is 0.829. The average Bonchev–Trinajstić information content (AvgIpc) is 3.03. The van der Waals surface area contributed by atoms with E-state index >= 15 is 0 Å². The molecule has 1 amide bonds. The van der Waals surface area contributed by atoms with Crippen LogP contribution in [0.1, 0.15) is 47.5 Å². The standard InChI is InChI=1S/C14H20N2O5S/c17-14(16-22(18,19)9-10-6-7-20-8-10)13-11-4-2-1-3-5-12(11)21-15-13/h10H,1-9H2,(H,16,17)/t10-/m0/s1. The fourth-order valence-corrected chi connectivity index (χ4v) is 4.34.